The summed E-state index contributed by atoms with van der Waals surface area (Å²) in [5.41, 5.74) is 1.18. The number of carbonyl (C=O) groups is 1. The van der Waals surface area contributed by atoms with Crippen molar-refractivity contribution >= 4 is 5.97 Å². The third-order valence-corrected chi connectivity index (χ3v) is 1.82. The molecule has 0 amide bonds. The summed E-state index contributed by atoms with van der Waals surface area (Å²) in [7, 11) is 0. The Hall–Kier alpha value is -0.790. The lowest BCUT2D eigenvalue weighted by molar-refractivity contribution is -0.138. The molecule has 2 heteroatoms. The molecule has 0 saturated heterocycles. The molecular formula is C10H18O2. The third-order valence-electron chi connectivity index (χ3n) is 1.82. The topological polar surface area (TPSA) is 37.3 Å². The van der Waals surface area contributed by atoms with Crippen LogP contribution in [-0.4, -0.2) is 11.1 Å². The van der Waals surface area contributed by atoms with E-state index in [0.29, 0.717) is 5.92 Å². The van der Waals surface area contributed by atoms with E-state index in [9.17, 15) is 4.79 Å². The Labute approximate surface area is 74.3 Å². The van der Waals surface area contributed by atoms with Crippen LogP contribution in [-0.2, 0) is 4.79 Å². The lowest BCUT2D eigenvalue weighted by Gasteiger charge is -2.07. The van der Waals surface area contributed by atoms with Crippen molar-refractivity contribution in [1.82, 2.24) is 0 Å². The zero-order valence-corrected chi connectivity index (χ0v) is 7.97. The first-order valence-corrected chi connectivity index (χ1v) is 4.38. The molecule has 0 aliphatic carbocycles. The molecule has 1 unspecified atom stereocenters. The number of carboxylic acids is 1. The summed E-state index contributed by atoms with van der Waals surface area (Å²) < 4.78 is 0. The van der Waals surface area contributed by atoms with Crippen molar-refractivity contribution in [1.29, 1.82) is 0 Å². The summed E-state index contributed by atoms with van der Waals surface area (Å²) in [6, 6.07) is 0. The van der Waals surface area contributed by atoms with Gasteiger partial charge in [-0.2, -0.15) is 0 Å². The minimum Gasteiger partial charge on any atom is -0.481 e. The fourth-order valence-corrected chi connectivity index (χ4v) is 1.15. The van der Waals surface area contributed by atoms with Crippen LogP contribution in [0.15, 0.2) is 12.2 Å². The van der Waals surface area contributed by atoms with Crippen molar-refractivity contribution in [3.63, 3.8) is 0 Å². The van der Waals surface area contributed by atoms with Crippen LogP contribution in [0, 0.1) is 5.92 Å². The maximum atomic E-state index is 10.3. The Morgan fingerprint density at radius 2 is 2.17 bits per heavy atom. The summed E-state index contributed by atoms with van der Waals surface area (Å²) in [4.78, 5) is 10.3. The Bertz CT molecular complexity index is 161. The van der Waals surface area contributed by atoms with Gasteiger partial charge in [-0.15, -0.1) is 6.58 Å². The van der Waals surface area contributed by atoms with Crippen LogP contribution in [0.3, 0.4) is 0 Å². The first kappa shape index (κ1) is 11.2. The zero-order valence-electron chi connectivity index (χ0n) is 7.97. The number of allylic oxidation sites excluding steroid dienone is 1. The Morgan fingerprint density at radius 1 is 1.58 bits per heavy atom. The van der Waals surface area contributed by atoms with E-state index in [1.165, 1.54) is 5.57 Å². The quantitative estimate of drug-likeness (QED) is 0.622. The smallest absolute Gasteiger partial charge is 0.303 e. The second-order valence-electron chi connectivity index (χ2n) is 3.55. The van der Waals surface area contributed by atoms with Crippen molar-refractivity contribution in [2.45, 2.75) is 39.5 Å². The third kappa shape index (κ3) is 7.32. The molecule has 0 saturated carbocycles. The highest BCUT2D eigenvalue weighted by Gasteiger charge is 2.06. The van der Waals surface area contributed by atoms with Gasteiger partial charge < -0.3 is 5.11 Å². The second kappa shape index (κ2) is 5.81. The van der Waals surface area contributed by atoms with E-state index in [1.54, 1.807) is 0 Å². The van der Waals surface area contributed by atoms with E-state index < -0.39 is 5.97 Å². The van der Waals surface area contributed by atoms with Crippen molar-refractivity contribution in [3.05, 3.63) is 12.2 Å². The predicted molar refractivity (Wildman–Crippen MR) is 50.1 cm³/mol. The summed E-state index contributed by atoms with van der Waals surface area (Å²) in [6.45, 7) is 7.78. The van der Waals surface area contributed by atoms with Gasteiger partial charge in [-0.1, -0.05) is 12.5 Å². The molecule has 12 heavy (non-hydrogen) atoms. The first-order valence-electron chi connectivity index (χ1n) is 4.38. The molecule has 0 aromatic rings. The van der Waals surface area contributed by atoms with Crippen molar-refractivity contribution in [2.75, 3.05) is 0 Å². The fourth-order valence-electron chi connectivity index (χ4n) is 1.15. The molecule has 0 aliphatic rings. The highest BCUT2D eigenvalue weighted by Crippen LogP contribution is 2.13. The normalized spacial score (nSPS) is 12.5. The highest BCUT2D eigenvalue weighted by molar-refractivity contribution is 5.66. The number of rotatable bonds is 6. The molecule has 0 aromatic carbocycles. The van der Waals surface area contributed by atoms with Crippen molar-refractivity contribution < 1.29 is 9.90 Å². The van der Waals surface area contributed by atoms with E-state index in [0.717, 1.165) is 19.3 Å². The zero-order chi connectivity index (χ0) is 9.56. The average Bonchev–Trinajstić information content (AvgIpc) is 1.84. The number of aliphatic carboxylic acids is 1. The summed E-state index contributed by atoms with van der Waals surface area (Å²) in [5, 5.41) is 8.47. The molecule has 0 heterocycles. The molecule has 0 aromatic heterocycles. The van der Waals surface area contributed by atoms with Crippen LogP contribution in [0.2, 0.25) is 0 Å². The van der Waals surface area contributed by atoms with E-state index in [-0.39, 0.29) is 6.42 Å². The van der Waals surface area contributed by atoms with Crippen LogP contribution in [0.25, 0.3) is 0 Å². The van der Waals surface area contributed by atoms with Gasteiger partial charge in [0.05, 0.1) is 0 Å². The molecule has 70 valence electrons. The number of carboxylic acid groups (broad SMARTS) is 1. The van der Waals surface area contributed by atoms with Crippen LogP contribution >= 0.6 is 0 Å². The van der Waals surface area contributed by atoms with E-state index >= 15 is 0 Å². The van der Waals surface area contributed by atoms with Crippen molar-refractivity contribution in [3.8, 4) is 0 Å². The van der Waals surface area contributed by atoms with Gasteiger partial charge >= 0.3 is 5.97 Å². The van der Waals surface area contributed by atoms with Gasteiger partial charge in [0, 0.05) is 6.42 Å². The van der Waals surface area contributed by atoms with Gasteiger partial charge in [-0.25, -0.2) is 0 Å². The summed E-state index contributed by atoms with van der Waals surface area (Å²) in [6.07, 6.45) is 3.35. The largest absolute Gasteiger partial charge is 0.481 e. The van der Waals surface area contributed by atoms with Crippen molar-refractivity contribution in [2.24, 2.45) is 5.92 Å². The predicted octanol–water partition coefficient (Wildman–Crippen LogP) is 2.84. The fraction of sp³-hybridized carbons (Fsp3) is 0.700. The number of hydrogen-bond acceptors (Lipinski definition) is 1. The molecule has 1 atom stereocenters. The average molecular weight is 170 g/mol. The van der Waals surface area contributed by atoms with Crippen LogP contribution in [0.4, 0.5) is 0 Å². The Kier molecular flexibility index (Phi) is 5.43. The van der Waals surface area contributed by atoms with Crippen LogP contribution < -0.4 is 0 Å². The van der Waals surface area contributed by atoms with Gasteiger partial charge in [0.15, 0.2) is 0 Å². The van der Waals surface area contributed by atoms with Crippen LogP contribution in [0.1, 0.15) is 39.5 Å². The Morgan fingerprint density at radius 3 is 2.58 bits per heavy atom. The van der Waals surface area contributed by atoms with Gasteiger partial charge in [0.1, 0.15) is 0 Å². The van der Waals surface area contributed by atoms with Gasteiger partial charge in [0.2, 0.25) is 0 Å². The van der Waals surface area contributed by atoms with Gasteiger partial charge in [-0.05, 0) is 32.1 Å². The van der Waals surface area contributed by atoms with E-state index in [4.69, 9.17) is 5.11 Å². The molecule has 0 fully saturated rings. The van der Waals surface area contributed by atoms with E-state index in [1.807, 2.05) is 13.8 Å². The summed E-state index contributed by atoms with van der Waals surface area (Å²) >= 11 is 0. The first-order chi connectivity index (χ1) is 5.52. The minimum absolute atomic E-state index is 0.288. The molecule has 0 aliphatic heterocycles. The lowest BCUT2D eigenvalue weighted by Crippen LogP contribution is -2.03. The molecule has 1 N–H and O–H groups in total. The highest BCUT2D eigenvalue weighted by atomic mass is 16.4. The van der Waals surface area contributed by atoms with Gasteiger partial charge in [-0.3, -0.25) is 4.79 Å². The second-order valence-corrected chi connectivity index (χ2v) is 3.55. The van der Waals surface area contributed by atoms with Crippen LogP contribution in [0.5, 0.6) is 0 Å². The maximum absolute atomic E-state index is 10.3. The summed E-state index contributed by atoms with van der Waals surface area (Å²) in [5.74, 6) is -0.403. The number of hydrogen-bond donors (Lipinski definition) is 1. The standard InChI is InChI=1S/C10H18O2/c1-8(2)5-4-6-9(3)7-10(11)12/h9H,1,4-7H2,2-3H3,(H,11,12). The molecular weight excluding hydrogens is 152 g/mol. The maximum Gasteiger partial charge on any atom is 0.303 e. The SMILES string of the molecule is C=C(C)CCCC(C)CC(=O)O. The molecule has 0 rings (SSSR count). The molecule has 0 spiro atoms. The lowest BCUT2D eigenvalue weighted by atomic mass is 9.99. The molecule has 2 nitrogen and oxygen atoms in total. The molecule has 0 bridgehead atoms. The van der Waals surface area contributed by atoms with E-state index in [2.05, 4.69) is 6.58 Å². The monoisotopic (exact) mass is 170 g/mol. The minimum atomic E-state index is -0.696. The molecule has 0 radical (unpaired) electrons. The Balaban J connectivity index is 3.37. The van der Waals surface area contributed by atoms with Gasteiger partial charge in [0.25, 0.3) is 0 Å².